The molecule has 0 aliphatic carbocycles. The first-order valence-electron chi connectivity index (χ1n) is 6.73. The number of nitrogens with one attached hydrogen (secondary N) is 1. The molecule has 2 nitrogen and oxygen atoms in total. The summed E-state index contributed by atoms with van der Waals surface area (Å²) in [5, 5.41) is 4.41. The topological polar surface area (TPSA) is 15.3 Å². The zero-order valence-corrected chi connectivity index (χ0v) is 12.7. The summed E-state index contributed by atoms with van der Waals surface area (Å²) < 4.78 is 0. The number of likely N-dealkylation sites (N-methyl/N-ethyl adjacent to an activating group) is 1. The van der Waals surface area contributed by atoms with Crippen LogP contribution in [0.2, 0.25) is 5.02 Å². The summed E-state index contributed by atoms with van der Waals surface area (Å²) in [6, 6.07) is 9.15. The highest BCUT2D eigenvalue weighted by Crippen LogP contribution is 2.18. The molecule has 0 bridgehead atoms. The van der Waals surface area contributed by atoms with Gasteiger partial charge in [-0.15, -0.1) is 0 Å². The molecule has 1 unspecified atom stereocenters. The number of hydrogen-bond donors (Lipinski definition) is 1. The van der Waals surface area contributed by atoms with Gasteiger partial charge in [0.05, 0.1) is 0 Å². The van der Waals surface area contributed by atoms with Crippen molar-refractivity contribution in [1.82, 2.24) is 10.2 Å². The van der Waals surface area contributed by atoms with E-state index >= 15 is 0 Å². The van der Waals surface area contributed by atoms with E-state index in [1.165, 1.54) is 5.56 Å². The maximum absolute atomic E-state index is 5.91. The van der Waals surface area contributed by atoms with Gasteiger partial charge in [-0.25, -0.2) is 0 Å². The van der Waals surface area contributed by atoms with Crippen molar-refractivity contribution in [2.45, 2.75) is 39.3 Å². The van der Waals surface area contributed by atoms with Crippen LogP contribution in [0.5, 0.6) is 0 Å². The van der Waals surface area contributed by atoms with Crippen LogP contribution >= 0.6 is 11.6 Å². The minimum absolute atomic E-state index is 0.419. The van der Waals surface area contributed by atoms with E-state index < -0.39 is 0 Å². The molecule has 1 atom stereocenters. The zero-order valence-electron chi connectivity index (χ0n) is 11.9. The Morgan fingerprint density at radius 3 is 2.33 bits per heavy atom. The fraction of sp³-hybridized carbons (Fsp3) is 0.600. The maximum Gasteiger partial charge on any atom is 0.0406 e. The van der Waals surface area contributed by atoms with Crippen molar-refractivity contribution < 1.29 is 0 Å². The van der Waals surface area contributed by atoms with Gasteiger partial charge >= 0.3 is 0 Å². The van der Waals surface area contributed by atoms with Gasteiger partial charge in [0, 0.05) is 30.2 Å². The first kappa shape index (κ1) is 15.5. The van der Waals surface area contributed by atoms with Crippen molar-refractivity contribution in [1.29, 1.82) is 0 Å². The summed E-state index contributed by atoms with van der Waals surface area (Å²) in [5.74, 6) is 0. The van der Waals surface area contributed by atoms with Gasteiger partial charge in [-0.3, -0.25) is 0 Å². The van der Waals surface area contributed by atoms with Gasteiger partial charge in [-0.1, -0.05) is 30.7 Å². The summed E-state index contributed by atoms with van der Waals surface area (Å²) in [6.07, 6.45) is 1.09. The molecule has 0 amide bonds. The second kappa shape index (κ2) is 7.78. The highest BCUT2D eigenvalue weighted by Gasteiger charge is 2.09. The number of hydrogen-bond acceptors (Lipinski definition) is 2. The molecule has 0 heterocycles. The van der Waals surface area contributed by atoms with Crippen LogP contribution in [0, 0.1) is 0 Å². The van der Waals surface area contributed by atoms with Crippen LogP contribution in [-0.2, 0) is 0 Å². The molecule has 0 fully saturated rings. The lowest BCUT2D eigenvalue weighted by atomic mass is 10.0. The fourth-order valence-electron chi connectivity index (χ4n) is 1.87. The Morgan fingerprint density at radius 1 is 1.22 bits per heavy atom. The molecule has 1 aromatic rings. The Kier molecular flexibility index (Phi) is 6.69. The molecule has 102 valence electrons. The van der Waals surface area contributed by atoms with E-state index in [1.807, 2.05) is 12.1 Å². The molecular weight excluding hydrogens is 244 g/mol. The molecule has 18 heavy (non-hydrogen) atoms. The summed E-state index contributed by atoms with van der Waals surface area (Å²) in [5.41, 5.74) is 1.31. The van der Waals surface area contributed by atoms with E-state index in [-0.39, 0.29) is 0 Å². The van der Waals surface area contributed by atoms with E-state index in [0.29, 0.717) is 12.1 Å². The number of nitrogens with zero attached hydrogens (tertiary/aromatic N) is 1. The molecule has 3 heteroatoms. The van der Waals surface area contributed by atoms with Crippen LogP contribution < -0.4 is 5.32 Å². The Labute approximate surface area is 116 Å². The molecule has 0 saturated carbocycles. The highest BCUT2D eigenvalue weighted by molar-refractivity contribution is 6.30. The van der Waals surface area contributed by atoms with Gasteiger partial charge in [0.1, 0.15) is 0 Å². The molecule has 0 spiro atoms. The van der Waals surface area contributed by atoms with Gasteiger partial charge in [0.2, 0.25) is 0 Å². The normalized spacial score (nSPS) is 13.3. The van der Waals surface area contributed by atoms with Crippen molar-refractivity contribution >= 4 is 11.6 Å². The molecule has 0 aromatic heterocycles. The van der Waals surface area contributed by atoms with Gasteiger partial charge < -0.3 is 10.2 Å². The largest absolute Gasteiger partial charge is 0.309 e. The first-order valence-corrected chi connectivity index (χ1v) is 7.11. The smallest absolute Gasteiger partial charge is 0.0406 e. The molecule has 1 aromatic carbocycles. The third kappa shape index (κ3) is 4.97. The van der Waals surface area contributed by atoms with Crippen LogP contribution in [0.15, 0.2) is 24.3 Å². The van der Waals surface area contributed by atoms with Crippen LogP contribution in [0.1, 0.15) is 38.8 Å². The van der Waals surface area contributed by atoms with E-state index in [0.717, 1.165) is 24.5 Å². The van der Waals surface area contributed by atoms with Crippen LogP contribution in [-0.4, -0.2) is 31.1 Å². The Balaban J connectivity index is 2.45. The zero-order chi connectivity index (χ0) is 13.5. The van der Waals surface area contributed by atoms with E-state index in [2.05, 4.69) is 50.2 Å². The summed E-state index contributed by atoms with van der Waals surface area (Å²) in [7, 11) is 2.16. The number of rotatable bonds is 7. The first-order chi connectivity index (χ1) is 8.54. The Hall–Kier alpha value is -0.570. The second-order valence-electron chi connectivity index (χ2n) is 5.04. The van der Waals surface area contributed by atoms with E-state index in [9.17, 15) is 0 Å². The SMILES string of the molecule is CCC(NCCN(C)C(C)C)c1ccc(Cl)cc1. The average molecular weight is 269 g/mol. The van der Waals surface area contributed by atoms with Gasteiger partial charge in [0.15, 0.2) is 0 Å². The van der Waals surface area contributed by atoms with Crippen molar-refractivity contribution in [2.24, 2.45) is 0 Å². The molecule has 0 aliphatic heterocycles. The summed E-state index contributed by atoms with van der Waals surface area (Å²) in [6.45, 7) is 8.73. The van der Waals surface area contributed by atoms with Crippen LogP contribution in [0.4, 0.5) is 0 Å². The Morgan fingerprint density at radius 2 is 1.83 bits per heavy atom. The number of halogens is 1. The molecule has 0 radical (unpaired) electrons. The second-order valence-corrected chi connectivity index (χ2v) is 5.48. The van der Waals surface area contributed by atoms with Crippen molar-refractivity contribution in [3.63, 3.8) is 0 Å². The van der Waals surface area contributed by atoms with Crippen LogP contribution in [0.25, 0.3) is 0 Å². The lowest BCUT2D eigenvalue weighted by molar-refractivity contribution is 0.268. The third-order valence-corrected chi connectivity index (χ3v) is 3.67. The molecule has 1 rings (SSSR count). The fourth-order valence-corrected chi connectivity index (χ4v) is 1.99. The Bertz CT molecular complexity index is 335. The minimum atomic E-state index is 0.419. The van der Waals surface area contributed by atoms with Gasteiger partial charge in [0.25, 0.3) is 0 Å². The van der Waals surface area contributed by atoms with E-state index in [1.54, 1.807) is 0 Å². The number of benzene rings is 1. The monoisotopic (exact) mass is 268 g/mol. The predicted molar refractivity (Wildman–Crippen MR) is 80.3 cm³/mol. The molecule has 0 saturated heterocycles. The summed E-state index contributed by atoms with van der Waals surface area (Å²) in [4.78, 5) is 2.35. The van der Waals surface area contributed by atoms with Crippen LogP contribution in [0.3, 0.4) is 0 Å². The molecule has 0 aliphatic rings. The minimum Gasteiger partial charge on any atom is -0.309 e. The van der Waals surface area contributed by atoms with Gasteiger partial charge in [-0.05, 0) is 45.0 Å². The van der Waals surface area contributed by atoms with Gasteiger partial charge in [-0.2, -0.15) is 0 Å². The maximum atomic E-state index is 5.91. The quantitative estimate of drug-likeness (QED) is 0.811. The predicted octanol–water partition coefficient (Wildman–Crippen LogP) is 3.72. The van der Waals surface area contributed by atoms with E-state index in [4.69, 9.17) is 11.6 Å². The average Bonchev–Trinajstić information content (AvgIpc) is 2.35. The molecule has 1 N–H and O–H groups in total. The third-order valence-electron chi connectivity index (χ3n) is 3.42. The summed E-state index contributed by atoms with van der Waals surface area (Å²) >= 11 is 5.91. The molecular formula is C15H25ClN2. The standard InChI is InChI=1S/C15H25ClN2/c1-5-15(13-6-8-14(16)9-7-13)17-10-11-18(4)12(2)3/h6-9,12,15,17H,5,10-11H2,1-4H3. The van der Waals surface area contributed by atoms with Crippen molar-refractivity contribution in [2.75, 3.05) is 20.1 Å². The highest BCUT2D eigenvalue weighted by atomic mass is 35.5. The lowest BCUT2D eigenvalue weighted by Gasteiger charge is -2.23. The lowest BCUT2D eigenvalue weighted by Crippen LogP contribution is -2.35. The van der Waals surface area contributed by atoms with Crippen molar-refractivity contribution in [3.05, 3.63) is 34.9 Å². The van der Waals surface area contributed by atoms with Crippen molar-refractivity contribution in [3.8, 4) is 0 Å².